The van der Waals surface area contributed by atoms with Crippen molar-refractivity contribution in [3.63, 3.8) is 0 Å². The Kier molecular flexibility index (Phi) is 5.31. The van der Waals surface area contributed by atoms with Gasteiger partial charge in [-0.2, -0.15) is 0 Å². The van der Waals surface area contributed by atoms with Gasteiger partial charge in [0.2, 0.25) is 0 Å². The van der Waals surface area contributed by atoms with Crippen LogP contribution in [0.1, 0.15) is 67.7 Å². The van der Waals surface area contributed by atoms with Crippen molar-refractivity contribution >= 4 is 9.84 Å². The number of hydrogen-bond donors (Lipinski definition) is 0. The summed E-state index contributed by atoms with van der Waals surface area (Å²) >= 11 is 0. The van der Waals surface area contributed by atoms with Crippen molar-refractivity contribution in [2.45, 2.75) is 77.2 Å². The summed E-state index contributed by atoms with van der Waals surface area (Å²) in [4.78, 5) is 0. The molecule has 0 saturated heterocycles. The summed E-state index contributed by atoms with van der Waals surface area (Å²) < 4.78 is 24.0. The molecule has 1 aliphatic heterocycles. The Hall–Kier alpha value is -0.830. The molecule has 0 amide bonds. The minimum atomic E-state index is -3.19. The average Bonchev–Trinajstić information content (AvgIpc) is 2.44. The quantitative estimate of drug-likeness (QED) is 0.671. The van der Waals surface area contributed by atoms with Gasteiger partial charge in [0.05, 0.1) is 9.49 Å². The fourth-order valence-electron chi connectivity index (χ4n) is 2.87. The van der Waals surface area contributed by atoms with Gasteiger partial charge in [-0.15, -0.1) is 0 Å². The fraction of sp³-hybridized carbons (Fsp3) is 0.667. The summed E-state index contributed by atoms with van der Waals surface area (Å²) in [7, 11) is -3.19. The van der Waals surface area contributed by atoms with Crippen LogP contribution in [-0.2, 0) is 9.84 Å². The van der Waals surface area contributed by atoms with E-state index >= 15 is 0 Å². The summed E-state index contributed by atoms with van der Waals surface area (Å²) in [6.07, 6.45) is 8.83. The van der Waals surface area contributed by atoms with Gasteiger partial charge in [0.1, 0.15) is 0 Å². The largest absolute Gasteiger partial charge is 0.227 e. The molecule has 21 heavy (non-hydrogen) atoms. The van der Waals surface area contributed by atoms with Gasteiger partial charge < -0.3 is 0 Å². The lowest BCUT2D eigenvalue weighted by Gasteiger charge is -2.28. The van der Waals surface area contributed by atoms with Gasteiger partial charge in [-0.1, -0.05) is 34.9 Å². The molecule has 1 heterocycles. The molecule has 2 nitrogen and oxygen atoms in total. The minimum Gasteiger partial charge on any atom is -0.227 e. The Labute approximate surface area is 130 Å². The van der Waals surface area contributed by atoms with Gasteiger partial charge >= 0.3 is 0 Å². The highest BCUT2D eigenvalue weighted by Gasteiger charge is 2.53. The van der Waals surface area contributed by atoms with E-state index in [1.165, 1.54) is 11.1 Å². The van der Waals surface area contributed by atoms with Crippen molar-refractivity contribution in [1.82, 2.24) is 0 Å². The predicted molar refractivity (Wildman–Crippen MR) is 92.2 cm³/mol. The zero-order chi connectivity index (χ0) is 16.5. The molecule has 1 unspecified atom stereocenters. The molecule has 0 bridgehead atoms. The fourth-order valence-corrected chi connectivity index (χ4v) is 5.15. The van der Waals surface area contributed by atoms with Gasteiger partial charge in [0.25, 0.3) is 0 Å². The molecule has 0 N–H and O–H groups in total. The van der Waals surface area contributed by atoms with Crippen molar-refractivity contribution in [2.24, 2.45) is 0 Å². The van der Waals surface area contributed by atoms with Crippen LogP contribution in [0.2, 0.25) is 0 Å². The van der Waals surface area contributed by atoms with E-state index in [2.05, 4.69) is 32.9 Å². The maximum Gasteiger partial charge on any atom is 0.168 e. The summed E-state index contributed by atoms with van der Waals surface area (Å²) in [5.74, 6) is 0. The van der Waals surface area contributed by atoms with Crippen LogP contribution >= 0.6 is 0 Å². The first-order valence-corrected chi connectivity index (χ1v) is 9.15. The first kappa shape index (κ1) is 18.2. The van der Waals surface area contributed by atoms with Gasteiger partial charge in [-0.3, -0.25) is 0 Å². The van der Waals surface area contributed by atoms with Crippen molar-refractivity contribution in [3.05, 3.63) is 34.9 Å². The van der Waals surface area contributed by atoms with Crippen molar-refractivity contribution in [1.29, 1.82) is 0 Å². The van der Waals surface area contributed by atoms with Gasteiger partial charge in [-0.05, 0) is 67.7 Å². The molecule has 0 aromatic rings. The second-order valence-corrected chi connectivity index (χ2v) is 10.2. The lowest BCUT2D eigenvalue weighted by Crippen LogP contribution is -2.41. The number of hydrogen-bond acceptors (Lipinski definition) is 2. The predicted octanol–water partition coefficient (Wildman–Crippen LogP) is 4.98. The van der Waals surface area contributed by atoms with Gasteiger partial charge in [0, 0.05) is 0 Å². The van der Waals surface area contributed by atoms with Crippen LogP contribution in [0.25, 0.3) is 0 Å². The molecule has 1 rings (SSSR count). The maximum absolute atomic E-state index is 12.8. The Morgan fingerprint density at radius 1 is 1.14 bits per heavy atom. The highest BCUT2D eigenvalue weighted by Crippen LogP contribution is 2.45. The molecular weight excluding hydrogens is 280 g/mol. The standard InChI is InChI=1S/C18H30O2S/c1-14(2)9-8-10-15(3)11-12-18(7)16(4)13-17(5,6)21(18,19)20/h9,11,13H,8,10,12H2,1-7H3/b15-11+. The summed E-state index contributed by atoms with van der Waals surface area (Å²) in [5.41, 5.74) is 3.57. The summed E-state index contributed by atoms with van der Waals surface area (Å²) in [6, 6.07) is 0. The van der Waals surface area contributed by atoms with Crippen molar-refractivity contribution < 1.29 is 8.42 Å². The van der Waals surface area contributed by atoms with E-state index in [-0.39, 0.29) is 0 Å². The Balaban J connectivity index is 2.88. The van der Waals surface area contributed by atoms with Crippen molar-refractivity contribution in [2.75, 3.05) is 0 Å². The Bertz CT molecular complexity index is 585. The number of sulfone groups is 1. The zero-order valence-corrected chi connectivity index (χ0v) is 15.4. The second-order valence-electron chi connectivity index (χ2n) is 7.24. The third kappa shape index (κ3) is 3.50. The monoisotopic (exact) mass is 310 g/mol. The molecule has 1 aliphatic rings. The molecule has 0 spiro atoms. The molecule has 0 fully saturated rings. The van der Waals surface area contributed by atoms with Crippen LogP contribution in [0.3, 0.4) is 0 Å². The topological polar surface area (TPSA) is 34.1 Å². The highest BCUT2D eigenvalue weighted by molar-refractivity contribution is 7.94. The van der Waals surface area contributed by atoms with Crippen LogP contribution in [0.15, 0.2) is 34.9 Å². The average molecular weight is 311 g/mol. The SMILES string of the molecule is CC(C)=CCC/C(C)=C/CC1(C)C(C)=CC(C)(C)S1(=O)=O. The summed E-state index contributed by atoms with van der Waals surface area (Å²) in [5, 5.41) is 0. The van der Waals surface area contributed by atoms with Crippen LogP contribution in [0.4, 0.5) is 0 Å². The van der Waals surface area contributed by atoms with E-state index in [1.54, 1.807) is 13.8 Å². The lowest BCUT2D eigenvalue weighted by molar-refractivity contribution is 0.546. The molecule has 0 saturated carbocycles. The molecule has 0 aromatic heterocycles. The van der Waals surface area contributed by atoms with E-state index in [1.807, 2.05) is 19.9 Å². The van der Waals surface area contributed by atoms with E-state index in [0.717, 1.165) is 18.4 Å². The molecule has 0 radical (unpaired) electrons. The third-order valence-corrected chi connectivity index (χ3v) is 7.79. The smallest absolute Gasteiger partial charge is 0.168 e. The maximum atomic E-state index is 12.8. The van der Waals surface area contributed by atoms with Gasteiger partial charge in [0.15, 0.2) is 9.84 Å². The van der Waals surface area contributed by atoms with Crippen LogP contribution in [0, 0.1) is 0 Å². The normalized spacial score (nSPS) is 27.4. The van der Waals surface area contributed by atoms with E-state index in [0.29, 0.717) is 6.42 Å². The van der Waals surface area contributed by atoms with E-state index < -0.39 is 19.3 Å². The van der Waals surface area contributed by atoms with Crippen molar-refractivity contribution in [3.8, 4) is 0 Å². The first-order chi connectivity index (χ1) is 9.44. The molecular formula is C18H30O2S. The zero-order valence-electron chi connectivity index (χ0n) is 14.6. The van der Waals surface area contributed by atoms with Crippen LogP contribution in [-0.4, -0.2) is 17.9 Å². The molecule has 120 valence electrons. The van der Waals surface area contributed by atoms with E-state index in [4.69, 9.17) is 0 Å². The number of allylic oxidation sites excluding steroid dienone is 4. The lowest BCUT2D eigenvalue weighted by atomic mass is 9.94. The molecule has 3 heteroatoms. The molecule has 0 aliphatic carbocycles. The first-order valence-electron chi connectivity index (χ1n) is 7.67. The van der Waals surface area contributed by atoms with Gasteiger partial charge in [-0.25, -0.2) is 8.42 Å². The Morgan fingerprint density at radius 3 is 2.14 bits per heavy atom. The second kappa shape index (κ2) is 6.12. The minimum absolute atomic E-state index is 0.571. The molecule has 1 atom stereocenters. The van der Waals surface area contributed by atoms with E-state index in [9.17, 15) is 8.42 Å². The van der Waals surface area contributed by atoms with Crippen LogP contribution in [0.5, 0.6) is 0 Å². The molecule has 0 aromatic carbocycles. The highest BCUT2D eigenvalue weighted by atomic mass is 32.2. The number of rotatable bonds is 5. The summed E-state index contributed by atoms with van der Waals surface area (Å²) in [6.45, 7) is 13.7. The Morgan fingerprint density at radius 2 is 1.71 bits per heavy atom. The third-order valence-electron chi connectivity index (χ3n) is 4.62. The van der Waals surface area contributed by atoms with Crippen LogP contribution < -0.4 is 0 Å².